The summed E-state index contributed by atoms with van der Waals surface area (Å²) in [6.07, 6.45) is 0. The van der Waals surface area contributed by atoms with Crippen molar-refractivity contribution in [2.24, 2.45) is 0 Å². The van der Waals surface area contributed by atoms with Crippen molar-refractivity contribution in [2.45, 2.75) is 6.54 Å². The van der Waals surface area contributed by atoms with Crippen LogP contribution in [0.5, 0.6) is 0 Å². The highest BCUT2D eigenvalue weighted by Crippen LogP contribution is 2.33. The first-order valence-corrected chi connectivity index (χ1v) is 10.6. The molecule has 0 bridgehead atoms. The number of carbonyl (C=O) groups excluding carboxylic acids is 4. The molecule has 3 aromatic rings. The van der Waals surface area contributed by atoms with Gasteiger partial charge in [-0.15, -0.1) is 0 Å². The molecule has 0 aliphatic carbocycles. The number of hydrogen-bond donors (Lipinski definition) is 1. The van der Waals surface area contributed by atoms with E-state index in [0.717, 1.165) is 10.5 Å². The lowest BCUT2D eigenvalue weighted by Crippen LogP contribution is -2.29. The lowest BCUT2D eigenvalue weighted by atomic mass is 10.1. The van der Waals surface area contributed by atoms with Gasteiger partial charge in [-0.05, 0) is 42.0 Å². The summed E-state index contributed by atoms with van der Waals surface area (Å²) in [5, 5.41) is 3.37. The molecule has 0 saturated heterocycles. The average Bonchev–Trinajstić information content (AvgIpc) is 3.06. The van der Waals surface area contributed by atoms with Gasteiger partial charge in [-0.3, -0.25) is 14.4 Å². The third-order valence-electron chi connectivity index (χ3n) is 4.98. The number of benzene rings is 3. The molecule has 0 unspecified atom stereocenters. The van der Waals surface area contributed by atoms with E-state index in [1.807, 2.05) is 0 Å². The molecule has 3 amide bonds. The highest BCUT2D eigenvalue weighted by Gasteiger charge is 2.38. The van der Waals surface area contributed by atoms with Crippen LogP contribution in [0.3, 0.4) is 0 Å². The number of imide groups is 1. The number of halogens is 2. The minimum atomic E-state index is -0.804. The van der Waals surface area contributed by atoms with Crippen LogP contribution in [0.25, 0.3) is 0 Å². The van der Waals surface area contributed by atoms with Gasteiger partial charge in [-0.1, -0.05) is 53.5 Å². The number of nitrogens with one attached hydrogen (secondary N) is 1. The first-order valence-electron chi connectivity index (χ1n) is 9.81. The summed E-state index contributed by atoms with van der Waals surface area (Å²) in [6, 6.07) is 17.5. The predicted octanol–water partition coefficient (Wildman–Crippen LogP) is 4.27. The van der Waals surface area contributed by atoms with E-state index in [0.29, 0.717) is 5.02 Å². The molecular formula is C24H16Cl2N2O5. The standard InChI is InChI=1S/C24H16Cl2N2O5/c25-18-6-2-1-5-15(18)12-27-21(29)13-33-24(32)14-9-10-16-17(11-14)23(31)28(22(16)30)20-8-4-3-7-19(20)26/h1-11H,12-13H2,(H,27,29). The van der Waals surface area contributed by atoms with E-state index < -0.39 is 30.3 Å². The van der Waals surface area contributed by atoms with E-state index >= 15 is 0 Å². The summed E-state index contributed by atoms with van der Waals surface area (Å²) in [7, 11) is 0. The summed E-state index contributed by atoms with van der Waals surface area (Å²) in [5.74, 6) is -2.46. The number of fused-ring (bicyclic) bond motifs is 1. The summed E-state index contributed by atoms with van der Waals surface area (Å²) >= 11 is 12.2. The molecule has 9 heteroatoms. The van der Waals surface area contributed by atoms with E-state index in [2.05, 4.69) is 5.32 Å². The van der Waals surface area contributed by atoms with Crippen LogP contribution in [0.4, 0.5) is 5.69 Å². The smallest absolute Gasteiger partial charge is 0.338 e. The summed E-state index contributed by atoms with van der Waals surface area (Å²) in [4.78, 5) is 51.0. The van der Waals surface area contributed by atoms with Crippen molar-refractivity contribution in [1.29, 1.82) is 0 Å². The Bertz CT molecular complexity index is 1290. The number of rotatable bonds is 6. The third-order valence-corrected chi connectivity index (χ3v) is 5.67. The van der Waals surface area contributed by atoms with Crippen LogP contribution in [0.15, 0.2) is 66.7 Å². The fraction of sp³-hybridized carbons (Fsp3) is 0.0833. The highest BCUT2D eigenvalue weighted by atomic mass is 35.5. The molecule has 1 aliphatic rings. The number of amides is 3. The molecule has 1 N–H and O–H groups in total. The van der Waals surface area contributed by atoms with Gasteiger partial charge in [-0.25, -0.2) is 9.69 Å². The zero-order valence-corrected chi connectivity index (χ0v) is 18.5. The van der Waals surface area contributed by atoms with Crippen LogP contribution in [0, 0.1) is 0 Å². The second-order valence-corrected chi connectivity index (χ2v) is 7.92. The molecule has 0 spiro atoms. The molecular weight excluding hydrogens is 467 g/mol. The Morgan fingerprint density at radius 1 is 0.848 bits per heavy atom. The molecule has 0 aromatic heterocycles. The van der Waals surface area contributed by atoms with E-state index in [1.54, 1.807) is 48.5 Å². The fourth-order valence-corrected chi connectivity index (χ4v) is 3.74. The largest absolute Gasteiger partial charge is 0.452 e. The molecule has 166 valence electrons. The van der Waals surface area contributed by atoms with E-state index in [4.69, 9.17) is 27.9 Å². The van der Waals surface area contributed by atoms with Gasteiger partial charge in [0.15, 0.2) is 6.61 Å². The maximum absolute atomic E-state index is 12.9. The molecule has 1 heterocycles. The molecule has 7 nitrogen and oxygen atoms in total. The number of ether oxygens (including phenoxy) is 1. The molecule has 0 saturated carbocycles. The van der Waals surface area contributed by atoms with Crippen molar-refractivity contribution in [1.82, 2.24) is 5.32 Å². The SMILES string of the molecule is O=C(COC(=O)c1ccc2c(c1)C(=O)N(c1ccccc1Cl)C2=O)NCc1ccccc1Cl. The monoisotopic (exact) mass is 482 g/mol. The highest BCUT2D eigenvalue weighted by molar-refractivity contribution is 6.39. The number of carbonyl (C=O) groups is 4. The van der Waals surface area contributed by atoms with Gasteiger partial charge in [0.1, 0.15) is 0 Å². The van der Waals surface area contributed by atoms with Crippen molar-refractivity contribution in [2.75, 3.05) is 11.5 Å². The Hall–Kier alpha value is -3.68. The normalized spacial score (nSPS) is 12.5. The molecule has 0 atom stereocenters. The quantitative estimate of drug-likeness (QED) is 0.418. The Morgan fingerprint density at radius 3 is 2.24 bits per heavy atom. The van der Waals surface area contributed by atoms with Gasteiger partial charge in [0, 0.05) is 11.6 Å². The van der Waals surface area contributed by atoms with Crippen LogP contribution in [0.2, 0.25) is 10.0 Å². The zero-order valence-electron chi connectivity index (χ0n) is 17.0. The number of nitrogens with zero attached hydrogens (tertiary/aromatic N) is 1. The molecule has 0 radical (unpaired) electrons. The zero-order chi connectivity index (χ0) is 23.5. The summed E-state index contributed by atoms with van der Waals surface area (Å²) < 4.78 is 5.05. The fourth-order valence-electron chi connectivity index (χ4n) is 3.32. The van der Waals surface area contributed by atoms with Gasteiger partial charge < -0.3 is 10.1 Å². The lowest BCUT2D eigenvalue weighted by Gasteiger charge is -2.15. The lowest BCUT2D eigenvalue weighted by molar-refractivity contribution is -0.124. The van der Waals surface area contributed by atoms with E-state index in [-0.39, 0.29) is 33.9 Å². The Kier molecular flexibility index (Phi) is 6.44. The first kappa shape index (κ1) is 22.5. The topological polar surface area (TPSA) is 92.8 Å². The van der Waals surface area contributed by atoms with Crippen molar-refractivity contribution in [3.63, 3.8) is 0 Å². The molecule has 4 rings (SSSR count). The van der Waals surface area contributed by atoms with Crippen LogP contribution in [-0.4, -0.2) is 30.3 Å². The Morgan fingerprint density at radius 2 is 1.52 bits per heavy atom. The molecule has 1 aliphatic heterocycles. The maximum Gasteiger partial charge on any atom is 0.338 e. The third kappa shape index (κ3) is 4.60. The predicted molar refractivity (Wildman–Crippen MR) is 123 cm³/mol. The maximum atomic E-state index is 12.9. The van der Waals surface area contributed by atoms with Crippen molar-refractivity contribution in [3.05, 3.63) is 99.0 Å². The number of para-hydroxylation sites is 1. The molecule has 3 aromatic carbocycles. The van der Waals surface area contributed by atoms with Gasteiger partial charge >= 0.3 is 5.97 Å². The van der Waals surface area contributed by atoms with E-state index in [9.17, 15) is 19.2 Å². The van der Waals surface area contributed by atoms with Crippen molar-refractivity contribution in [3.8, 4) is 0 Å². The Labute approximate surface area is 198 Å². The van der Waals surface area contributed by atoms with Crippen LogP contribution in [-0.2, 0) is 16.1 Å². The second kappa shape index (κ2) is 9.44. The molecule has 0 fully saturated rings. The minimum absolute atomic E-state index is 0.0369. The van der Waals surface area contributed by atoms with Gasteiger partial charge in [0.05, 0.1) is 27.4 Å². The van der Waals surface area contributed by atoms with Crippen molar-refractivity contribution < 1.29 is 23.9 Å². The first-order chi connectivity index (χ1) is 15.9. The summed E-state index contributed by atoms with van der Waals surface area (Å²) in [5.41, 5.74) is 1.22. The average molecular weight is 483 g/mol. The van der Waals surface area contributed by atoms with Gasteiger partial charge in [-0.2, -0.15) is 0 Å². The van der Waals surface area contributed by atoms with E-state index in [1.165, 1.54) is 18.2 Å². The van der Waals surface area contributed by atoms with Crippen LogP contribution < -0.4 is 10.2 Å². The van der Waals surface area contributed by atoms with Gasteiger partial charge in [0.25, 0.3) is 17.7 Å². The summed E-state index contributed by atoms with van der Waals surface area (Å²) in [6.45, 7) is -0.331. The van der Waals surface area contributed by atoms with Crippen LogP contribution in [0.1, 0.15) is 36.6 Å². The number of anilines is 1. The molecule has 33 heavy (non-hydrogen) atoms. The Balaban J connectivity index is 1.41. The van der Waals surface area contributed by atoms with Crippen LogP contribution >= 0.6 is 23.2 Å². The number of hydrogen-bond acceptors (Lipinski definition) is 5. The number of esters is 1. The minimum Gasteiger partial charge on any atom is -0.452 e. The second-order valence-electron chi connectivity index (χ2n) is 7.10. The van der Waals surface area contributed by atoms with Crippen molar-refractivity contribution >= 4 is 52.6 Å². The van der Waals surface area contributed by atoms with Gasteiger partial charge in [0.2, 0.25) is 0 Å².